The molecule has 2 aromatic carbocycles. The molecule has 0 aromatic heterocycles. The molecule has 34 heavy (non-hydrogen) atoms. The monoisotopic (exact) mass is 467 g/mol. The molecule has 184 valence electrons. The third kappa shape index (κ3) is 5.62. The molecule has 0 aliphatic carbocycles. The summed E-state index contributed by atoms with van der Waals surface area (Å²) in [7, 11) is 1.46. The maximum atomic E-state index is 12.9. The molecule has 4 rings (SSSR count). The maximum absolute atomic E-state index is 12.9. The number of methoxy groups -OCH3 is 1. The third-order valence-electron chi connectivity index (χ3n) is 6.90. The van der Waals surface area contributed by atoms with Crippen molar-refractivity contribution >= 4 is 5.97 Å². The van der Waals surface area contributed by atoms with Crippen LogP contribution < -0.4 is 4.74 Å². The lowest BCUT2D eigenvalue weighted by Crippen LogP contribution is -2.44. The van der Waals surface area contributed by atoms with E-state index in [0.717, 1.165) is 48.2 Å². The second-order valence-corrected chi connectivity index (χ2v) is 9.53. The first-order chi connectivity index (χ1) is 16.5. The van der Waals surface area contributed by atoms with Crippen molar-refractivity contribution in [3.05, 3.63) is 64.7 Å². The summed E-state index contributed by atoms with van der Waals surface area (Å²) in [5, 5.41) is 1.99. The molecular weight excluding hydrogens is 430 g/mol. The van der Waals surface area contributed by atoms with Gasteiger partial charge in [-0.2, -0.15) is 5.06 Å². The number of benzene rings is 2. The Kier molecular flexibility index (Phi) is 8.24. The predicted molar refractivity (Wildman–Crippen MR) is 131 cm³/mol. The van der Waals surface area contributed by atoms with Gasteiger partial charge in [0.05, 0.1) is 26.4 Å². The number of hydroxylamine groups is 2. The topological polar surface area (TPSA) is 57.2 Å². The summed E-state index contributed by atoms with van der Waals surface area (Å²) in [6.45, 7) is 8.08. The van der Waals surface area contributed by atoms with Crippen LogP contribution in [0.3, 0.4) is 0 Å². The standard InChI is InChI=1S/C28H37NO5/c1-19-16-20(2)26(21(3)17-19)33-24(13-15-32-18-22-10-6-5-7-11-22)27-25(28(30)31-4)23-12-8-9-14-29(23)34-27/h5-7,10-11,16-17,23-25,27H,8-9,12-15,18H2,1-4H3/t23-,24+,25-,27+/m1/s1. The van der Waals surface area contributed by atoms with Crippen LogP contribution in [-0.2, 0) is 25.7 Å². The number of hydrogen-bond donors (Lipinski definition) is 0. The quantitative estimate of drug-likeness (QED) is 0.385. The largest absolute Gasteiger partial charge is 0.487 e. The molecule has 6 heteroatoms. The zero-order chi connectivity index (χ0) is 24.1. The molecule has 4 atom stereocenters. The third-order valence-corrected chi connectivity index (χ3v) is 6.90. The molecule has 0 bridgehead atoms. The summed E-state index contributed by atoms with van der Waals surface area (Å²) >= 11 is 0. The van der Waals surface area contributed by atoms with Crippen molar-refractivity contribution in [1.82, 2.24) is 5.06 Å². The van der Waals surface area contributed by atoms with Crippen LogP contribution in [0.2, 0.25) is 0 Å². The lowest BCUT2D eigenvalue weighted by atomic mass is 9.86. The Morgan fingerprint density at radius 2 is 1.85 bits per heavy atom. The Morgan fingerprint density at radius 3 is 2.56 bits per heavy atom. The van der Waals surface area contributed by atoms with Crippen LogP contribution in [0.25, 0.3) is 0 Å². The highest BCUT2D eigenvalue weighted by Crippen LogP contribution is 2.39. The van der Waals surface area contributed by atoms with Crippen LogP contribution in [0.5, 0.6) is 5.75 Å². The van der Waals surface area contributed by atoms with E-state index in [9.17, 15) is 4.79 Å². The van der Waals surface area contributed by atoms with Gasteiger partial charge < -0.3 is 14.2 Å². The Bertz CT molecular complexity index is 940. The van der Waals surface area contributed by atoms with Crippen LogP contribution in [0, 0.1) is 26.7 Å². The van der Waals surface area contributed by atoms with E-state index in [1.54, 1.807) is 0 Å². The van der Waals surface area contributed by atoms with Gasteiger partial charge in [0.15, 0.2) is 0 Å². The minimum atomic E-state index is -0.420. The molecule has 0 radical (unpaired) electrons. The fraction of sp³-hybridized carbons (Fsp3) is 0.536. The van der Waals surface area contributed by atoms with Crippen molar-refractivity contribution in [3.63, 3.8) is 0 Å². The number of hydrogen-bond acceptors (Lipinski definition) is 6. The van der Waals surface area contributed by atoms with Gasteiger partial charge in [-0.15, -0.1) is 0 Å². The summed E-state index contributed by atoms with van der Waals surface area (Å²) in [5.41, 5.74) is 4.50. The summed E-state index contributed by atoms with van der Waals surface area (Å²) in [5.74, 6) is 0.252. The van der Waals surface area contributed by atoms with Crippen molar-refractivity contribution in [2.24, 2.45) is 5.92 Å². The molecule has 6 nitrogen and oxygen atoms in total. The number of nitrogens with zero attached hydrogens (tertiary/aromatic N) is 1. The van der Waals surface area contributed by atoms with E-state index in [4.69, 9.17) is 19.0 Å². The molecule has 2 aliphatic rings. The number of piperidine rings is 1. The number of esters is 1. The van der Waals surface area contributed by atoms with E-state index in [0.29, 0.717) is 19.6 Å². The summed E-state index contributed by atoms with van der Waals surface area (Å²) in [4.78, 5) is 19.3. The Morgan fingerprint density at radius 1 is 1.12 bits per heavy atom. The molecule has 2 saturated heterocycles. The average Bonchev–Trinajstić information content (AvgIpc) is 3.22. The first-order valence-electron chi connectivity index (χ1n) is 12.4. The highest BCUT2D eigenvalue weighted by atomic mass is 16.7. The Labute approximate surface area is 203 Å². The van der Waals surface area contributed by atoms with Crippen LogP contribution in [0.15, 0.2) is 42.5 Å². The van der Waals surface area contributed by atoms with Gasteiger partial charge in [0, 0.05) is 13.0 Å². The summed E-state index contributed by atoms with van der Waals surface area (Å²) in [6.07, 6.45) is 2.93. The zero-order valence-electron chi connectivity index (χ0n) is 20.8. The predicted octanol–water partition coefficient (Wildman–Crippen LogP) is 4.92. The zero-order valence-corrected chi connectivity index (χ0v) is 20.8. The molecule has 2 aromatic rings. The summed E-state index contributed by atoms with van der Waals surface area (Å²) < 4.78 is 17.9. The number of ether oxygens (including phenoxy) is 3. The van der Waals surface area contributed by atoms with Crippen molar-refractivity contribution in [1.29, 1.82) is 0 Å². The Hall–Kier alpha value is -2.41. The van der Waals surface area contributed by atoms with E-state index >= 15 is 0 Å². The van der Waals surface area contributed by atoms with E-state index in [2.05, 4.69) is 45.0 Å². The van der Waals surface area contributed by atoms with Gasteiger partial charge in [-0.1, -0.05) is 54.4 Å². The van der Waals surface area contributed by atoms with Gasteiger partial charge in [-0.05, 0) is 50.3 Å². The molecule has 2 heterocycles. The normalized spacial score (nSPS) is 23.4. The molecule has 0 spiro atoms. The van der Waals surface area contributed by atoms with Crippen LogP contribution in [0.1, 0.15) is 47.9 Å². The molecule has 2 aliphatic heterocycles. The second-order valence-electron chi connectivity index (χ2n) is 9.53. The average molecular weight is 468 g/mol. The van der Waals surface area contributed by atoms with E-state index in [1.807, 2.05) is 23.3 Å². The van der Waals surface area contributed by atoms with E-state index in [-0.39, 0.29) is 24.0 Å². The number of aryl methyl sites for hydroxylation is 3. The maximum Gasteiger partial charge on any atom is 0.313 e. The van der Waals surface area contributed by atoms with E-state index in [1.165, 1.54) is 12.7 Å². The number of carbonyl (C=O) groups is 1. The highest BCUT2D eigenvalue weighted by molar-refractivity contribution is 5.74. The lowest BCUT2D eigenvalue weighted by molar-refractivity contribution is -0.192. The van der Waals surface area contributed by atoms with Gasteiger partial charge in [0.1, 0.15) is 23.9 Å². The molecule has 0 saturated carbocycles. The first-order valence-corrected chi connectivity index (χ1v) is 12.4. The van der Waals surface area contributed by atoms with Crippen molar-refractivity contribution in [3.8, 4) is 5.75 Å². The summed E-state index contributed by atoms with van der Waals surface area (Å²) in [6, 6.07) is 14.4. The van der Waals surface area contributed by atoms with Crippen LogP contribution in [0.4, 0.5) is 0 Å². The van der Waals surface area contributed by atoms with Crippen molar-refractivity contribution in [2.75, 3.05) is 20.3 Å². The van der Waals surface area contributed by atoms with Crippen molar-refractivity contribution < 1.29 is 23.8 Å². The van der Waals surface area contributed by atoms with E-state index < -0.39 is 6.10 Å². The lowest BCUT2D eigenvalue weighted by Gasteiger charge is -2.29. The second kappa shape index (κ2) is 11.3. The number of carbonyl (C=O) groups excluding carboxylic acids is 1. The minimum absolute atomic E-state index is 0.0303. The fourth-order valence-electron chi connectivity index (χ4n) is 5.35. The van der Waals surface area contributed by atoms with Gasteiger partial charge in [-0.25, -0.2) is 0 Å². The smallest absolute Gasteiger partial charge is 0.313 e. The number of fused-ring (bicyclic) bond motifs is 1. The van der Waals surface area contributed by atoms with Crippen LogP contribution in [-0.4, -0.2) is 49.5 Å². The molecular formula is C28H37NO5. The van der Waals surface area contributed by atoms with Gasteiger partial charge in [0.25, 0.3) is 0 Å². The minimum Gasteiger partial charge on any atom is -0.487 e. The van der Waals surface area contributed by atoms with Gasteiger partial charge >= 0.3 is 5.97 Å². The molecule has 0 unspecified atom stereocenters. The first kappa shape index (κ1) is 24.7. The number of rotatable bonds is 9. The molecule has 0 amide bonds. The van der Waals surface area contributed by atoms with Crippen molar-refractivity contribution in [2.45, 2.75) is 71.3 Å². The SMILES string of the molecule is COC(=O)[C@H]1[C@H]([C@H](CCOCc2ccccc2)Oc2c(C)cc(C)cc2C)ON2CCCC[C@H]12. The van der Waals surface area contributed by atoms with Gasteiger partial charge in [0.2, 0.25) is 0 Å². The molecule has 0 N–H and O–H groups in total. The Balaban J connectivity index is 1.55. The highest BCUT2D eigenvalue weighted by Gasteiger charge is 2.52. The fourth-order valence-corrected chi connectivity index (χ4v) is 5.35. The van der Waals surface area contributed by atoms with Crippen LogP contribution >= 0.6 is 0 Å². The molecule has 2 fully saturated rings. The van der Waals surface area contributed by atoms with Gasteiger partial charge in [-0.3, -0.25) is 9.63 Å².